The molecule has 26 heavy (non-hydrogen) atoms. The average molecular weight is 358 g/mol. The van der Waals surface area contributed by atoms with Crippen LogP contribution in [0.5, 0.6) is 0 Å². The number of likely N-dealkylation sites (tertiary alicyclic amines) is 1. The van der Waals surface area contributed by atoms with E-state index < -0.39 is 0 Å². The fourth-order valence-corrected chi connectivity index (χ4v) is 3.94. The summed E-state index contributed by atoms with van der Waals surface area (Å²) in [6.45, 7) is 9.07. The van der Waals surface area contributed by atoms with Crippen LogP contribution in [0.4, 0.5) is 0 Å². The van der Waals surface area contributed by atoms with Crippen LogP contribution in [-0.4, -0.2) is 54.7 Å². The monoisotopic (exact) mass is 358 g/mol. The standard InChI is InChI=1S/C21H30N2O3/c1-15-10-19-18(12-21(25)26-20(19)11-16(15)2)14-22(3)13-17-4-6-23(7-5-17)8-9-24/h10-12,17,24H,4-9,13-14H2,1-3H3. The summed E-state index contributed by atoms with van der Waals surface area (Å²) >= 11 is 0. The molecule has 1 fully saturated rings. The zero-order valence-corrected chi connectivity index (χ0v) is 16.1. The van der Waals surface area contributed by atoms with Crippen molar-refractivity contribution in [1.82, 2.24) is 9.80 Å². The van der Waals surface area contributed by atoms with Crippen molar-refractivity contribution >= 4 is 11.0 Å². The third kappa shape index (κ3) is 4.53. The zero-order chi connectivity index (χ0) is 18.7. The van der Waals surface area contributed by atoms with Crippen molar-refractivity contribution in [3.8, 4) is 0 Å². The molecule has 0 aliphatic carbocycles. The van der Waals surface area contributed by atoms with Gasteiger partial charge in [-0.2, -0.15) is 0 Å². The summed E-state index contributed by atoms with van der Waals surface area (Å²) in [5.74, 6) is 0.672. The van der Waals surface area contributed by atoms with E-state index in [2.05, 4.69) is 29.8 Å². The van der Waals surface area contributed by atoms with Crippen molar-refractivity contribution in [3.63, 3.8) is 0 Å². The fraction of sp³-hybridized carbons (Fsp3) is 0.571. The molecule has 1 aliphatic rings. The number of benzene rings is 1. The normalized spacial score (nSPS) is 16.7. The fourth-order valence-electron chi connectivity index (χ4n) is 3.94. The molecule has 0 unspecified atom stereocenters. The lowest BCUT2D eigenvalue weighted by Gasteiger charge is -2.33. The molecule has 142 valence electrons. The molecule has 0 spiro atoms. The molecule has 1 N–H and O–H groups in total. The van der Waals surface area contributed by atoms with E-state index in [1.165, 1.54) is 18.4 Å². The number of hydrogen-bond acceptors (Lipinski definition) is 5. The van der Waals surface area contributed by atoms with Gasteiger partial charge in [0, 0.05) is 31.1 Å². The largest absolute Gasteiger partial charge is 0.423 e. The number of aryl methyl sites for hydroxylation is 2. The van der Waals surface area contributed by atoms with Gasteiger partial charge in [0.25, 0.3) is 0 Å². The topological polar surface area (TPSA) is 56.9 Å². The first-order chi connectivity index (χ1) is 12.5. The van der Waals surface area contributed by atoms with Crippen LogP contribution >= 0.6 is 0 Å². The highest BCUT2D eigenvalue weighted by molar-refractivity contribution is 5.81. The minimum absolute atomic E-state index is 0.243. The molecule has 0 atom stereocenters. The van der Waals surface area contributed by atoms with E-state index in [4.69, 9.17) is 9.52 Å². The lowest BCUT2D eigenvalue weighted by atomic mass is 9.96. The second-order valence-corrected chi connectivity index (χ2v) is 7.73. The molecule has 2 aromatic rings. The lowest BCUT2D eigenvalue weighted by molar-refractivity contribution is 0.129. The molecule has 1 aromatic heterocycles. The smallest absolute Gasteiger partial charge is 0.336 e. The summed E-state index contributed by atoms with van der Waals surface area (Å²) in [6, 6.07) is 5.73. The Morgan fingerprint density at radius 1 is 1.19 bits per heavy atom. The Hall–Kier alpha value is -1.69. The Kier molecular flexibility index (Phi) is 6.12. The van der Waals surface area contributed by atoms with Gasteiger partial charge in [0.2, 0.25) is 0 Å². The van der Waals surface area contributed by atoms with Crippen molar-refractivity contribution in [3.05, 3.63) is 45.3 Å². The van der Waals surface area contributed by atoms with Crippen molar-refractivity contribution in [2.75, 3.05) is 39.8 Å². The maximum absolute atomic E-state index is 12.0. The summed E-state index contributed by atoms with van der Waals surface area (Å²) in [4.78, 5) is 16.6. The first-order valence-electron chi connectivity index (χ1n) is 9.52. The van der Waals surface area contributed by atoms with Crippen molar-refractivity contribution in [1.29, 1.82) is 0 Å². The highest BCUT2D eigenvalue weighted by Crippen LogP contribution is 2.24. The summed E-state index contributed by atoms with van der Waals surface area (Å²) in [7, 11) is 2.13. The summed E-state index contributed by atoms with van der Waals surface area (Å²) < 4.78 is 5.40. The Labute approximate surface area is 155 Å². The number of hydrogen-bond donors (Lipinski definition) is 1. The minimum Gasteiger partial charge on any atom is -0.423 e. The molecule has 3 rings (SSSR count). The van der Waals surface area contributed by atoms with Crippen LogP contribution in [-0.2, 0) is 6.54 Å². The second kappa shape index (κ2) is 8.33. The summed E-state index contributed by atoms with van der Waals surface area (Å²) in [6.07, 6.45) is 2.33. The SMILES string of the molecule is Cc1cc2oc(=O)cc(CN(C)CC3CCN(CCO)CC3)c2cc1C. The first-order valence-corrected chi connectivity index (χ1v) is 9.52. The Morgan fingerprint density at radius 3 is 2.58 bits per heavy atom. The van der Waals surface area contributed by atoms with E-state index in [1.807, 2.05) is 13.0 Å². The molecule has 0 amide bonds. The quantitative estimate of drug-likeness (QED) is 0.804. The van der Waals surface area contributed by atoms with Crippen molar-refractivity contribution in [2.24, 2.45) is 5.92 Å². The summed E-state index contributed by atoms with van der Waals surface area (Å²) in [5, 5.41) is 10.1. The summed E-state index contributed by atoms with van der Waals surface area (Å²) in [5.41, 5.74) is 3.80. The van der Waals surface area contributed by atoms with E-state index in [1.54, 1.807) is 6.07 Å². The van der Waals surface area contributed by atoms with E-state index >= 15 is 0 Å². The number of aliphatic hydroxyl groups is 1. The number of fused-ring (bicyclic) bond motifs is 1. The number of nitrogens with zero attached hydrogens (tertiary/aromatic N) is 2. The number of rotatable bonds is 6. The maximum Gasteiger partial charge on any atom is 0.336 e. The molecular weight excluding hydrogens is 328 g/mol. The number of aliphatic hydroxyl groups excluding tert-OH is 1. The molecule has 0 radical (unpaired) electrons. The number of piperidine rings is 1. The van der Waals surface area contributed by atoms with Gasteiger partial charge in [-0.25, -0.2) is 4.79 Å². The van der Waals surface area contributed by atoms with Crippen LogP contribution in [0.3, 0.4) is 0 Å². The first kappa shape index (κ1) is 19.1. The minimum atomic E-state index is -0.276. The van der Waals surface area contributed by atoms with Crippen LogP contribution in [0.2, 0.25) is 0 Å². The molecule has 2 heterocycles. The molecule has 0 bridgehead atoms. The highest BCUT2D eigenvalue weighted by Gasteiger charge is 2.20. The molecule has 0 saturated carbocycles. The van der Waals surface area contributed by atoms with Crippen molar-refractivity contribution in [2.45, 2.75) is 33.2 Å². The predicted octanol–water partition coefficient (Wildman–Crippen LogP) is 2.55. The van der Waals surface area contributed by atoms with Gasteiger partial charge in [-0.1, -0.05) is 0 Å². The third-order valence-electron chi connectivity index (χ3n) is 5.58. The van der Waals surface area contributed by atoms with Gasteiger partial charge < -0.3 is 19.3 Å². The van der Waals surface area contributed by atoms with Crippen LogP contribution in [0.1, 0.15) is 29.5 Å². The predicted molar refractivity (Wildman–Crippen MR) is 105 cm³/mol. The van der Waals surface area contributed by atoms with E-state index in [-0.39, 0.29) is 12.2 Å². The molecule has 5 nitrogen and oxygen atoms in total. The van der Waals surface area contributed by atoms with Crippen molar-refractivity contribution < 1.29 is 9.52 Å². The highest BCUT2D eigenvalue weighted by atomic mass is 16.4. The van der Waals surface area contributed by atoms with Gasteiger partial charge in [0.15, 0.2) is 0 Å². The molecule has 5 heteroatoms. The zero-order valence-electron chi connectivity index (χ0n) is 16.1. The Morgan fingerprint density at radius 2 is 1.88 bits per heavy atom. The van der Waals surface area contributed by atoms with Gasteiger partial charge in [-0.05, 0) is 81.6 Å². The van der Waals surface area contributed by atoms with Crippen LogP contribution < -0.4 is 5.63 Å². The van der Waals surface area contributed by atoms with E-state index in [0.717, 1.165) is 49.2 Å². The van der Waals surface area contributed by atoms with Gasteiger partial charge in [-0.15, -0.1) is 0 Å². The van der Waals surface area contributed by atoms with Gasteiger partial charge >= 0.3 is 5.63 Å². The van der Waals surface area contributed by atoms with E-state index in [0.29, 0.717) is 11.5 Å². The van der Waals surface area contributed by atoms with Gasteiger partial charge in [0.1, 0.15) is 5.58 Å². The van der Waals surface area contributed by atoms with E-state index in [9.17, 15) is 4.79 Å². The Bertz CT molecular complexity index is 807. The van der Waals surface area contributed by atoms with Gasteiger partial charge in [0.05, 0.1) is 6.61 Å². The maximum atomic E-state index is 12.0. The number of β-amino-alcohol motifs (C(OH)–C–C–N with tert-alkyl or cyclic N) is 1. The molecular formula is C21H30N2O3. The average Bonchev–Trinajstić information content (AvgIpc) is 2.58. The van der Waals surface area contributed by atoms with Gasteiger partial charge in [-0.3, -0.25) is 0 Å². The Balaban J connectivity index is 1.69. The molecule has 1 saturated heterocycles. The third-order valence-corrected chi connectivity index (χ3v) is 5.58. The second-order valence-electron chi connectivity index (χ2n) is 7.73. The van der Waals surface area contributed by atoms with Crippen LogP contribution in [0.15, 0.2) is 27.4 Å². The lowest BCUT2D eigenvalue weighted by Crippen LogP contribution is -2.38. The molecule has 1 aromatic carbocycles. The van der Waals surface area contributed by atoms with Crippen LogP contribution in [0.25, 0.3) is 11.0 Å². The van der Waals surface area contributed by atoms with Crippen LogP contribution in [0, 0.1) is 19.8 Å². The molecule has 1 aliphatic heterocycles.